The van der Waals surface area contributed by atoms with Gasteiger partial charge in [0.2, 0.25) is 5.91 Å². The van der Waals surface area contributed by atoms with E-state index in [9.17, 15) is 4.79 Å². The smallest absolute Gasteiger partial charge is 0.249 e. The third-order valence-corrected chi connectivity index (χ3v) is 5.97. The highest BCUT2D eigenvalue weighted by molar-refractivity contribution is 6.31. The maximum absolute atomic E-state index is 12.0. The Kier molecular flexibility index (Phi) is 5.74. The molecule has 168 valence electrons. The first kappa shape index (κ1) is 21.7. The monoisotopic (exact) mass is 467 g/mol. The Balaban J connectivity index is 1.55. The number of aromatic nitrogens is 3. The Labute approximate surface area is 202 Å². The fourth-order valence-electron chi connectivity index (χ4n) is 4.05. The zero-order valence-corrected chi connectivity index (χ0v) is 19.2. The van der Waals surface area contributed by atoms with E-state index in [1.807, 2.05) is 59.3 Å². The minimum absolute atomic E-state index is 0.0885. The van der Waals surface area contributed by atoms with Gasteiger partial charge in [-0.05, 0) is 47.9 Å². The molecule has 34 heavy (non-hydrogen) atoms. The van der Waals surface area contributed by atoms with Crippen LogP contribution in [0, 0.1) is 0 Å². The molecule has 0 saturated carbocycles. The molecule has 2 heterocycles. The lowest BCUT2D eigenvalue weighted by Crippen LogP contribution is -2.12. The normalized spacial score (nSPS) is 11.9. The van der Waals surface area contributed by atoms with Crippen molar-refractivity contribution in [3.05, 3.63) is 107 Å². The van der Waals surface area contributed by atoms with Crippen LogP contribution in [0.1, 0.15) is 28.9 Å². The maximum atomic E-state index is 12.0. The number of amides is 1. The van der Waals surface area contributed by atoms with E-state index in [-0.39, 0.29) is 6.04 Å². The van der Waals surface area contributed by atoms with Crippen LogP contribution in [0.25, 0.3) is 27.7 Å². The van der Waals surface area contributed by atoms with Gasteiger partial charge in [0.1, 0.15) is 5.82 Å². The lowest BCUT2D eigenvalue weighted by atomic mass is 9.99. The SMILES string of the molecule is C[C@H](Nc1cc2c(cn1)cnn2-c1cc(Cl)cc(-c2ccccc2C(N)=O)c1)c1ccccc1. The molecule has 3 aromatic carbocycles. The second-order valence-electron chi connectivity index (χ2n) is 8.07. The third-order valence-electron chi connectivity index (χ3n) is 5.75. The van der Waals surface area contributed by atoms with E-state index in [0.717, 1.165) is 33.5 Å². The van der Waals surface area contributed by atoms with Crippen molar-refractivity contribution in [2.75, 3.05) is 5.32 Å². The number of fused-ring (bicyclic) bond motifs is 1. The number of hydrogen-bond donors (Lipinski definition) is 2. The molecule has 3 N–H and O–H groups in total. The molecule has 0 saturated heterocycles. The van der Waals surface area contributed by atoms with Crippen LogP contribution in [-0.4, -0.2) is 20.7 Å². The molecule has 0 unspecified atom stereocenters. The average Bonchev–Trinajstić information content (AvgIpc) is 3.27. The summed E-state index contributed by atoms with van der Waals surface area (Å²) in [6.45, 7) is 2.10. The van der Waals surface area contributed by atoms with Crippen molar-refractivity contribution in [3.63, 3.8) is 0 Å². The van der Waals surface area contributed by atoms with Crippen molar-refractivity contribution in [1.29, 1.82) is 0 Å². The summed E-state index contributed by atoms with van der Waals surface area (Å²) in [6.07, 6.45) is 3.57. The highest BCUT2D eigenvalue weighted by atomic mass is 35.5. The molecular formula is C27H22ClN5O. The van der Waals surface area contributed by atoms with E-state index in [1.165, 1.54) is 5.56 Å². The predicted octanol–water partition coefficient (Wildman–Crippen LogP) is 6.01. The van der Waals surface area contributed by atoms with Gasteiger partial charge in [-0.3, -0.25) is 4.79 Å². The van der Waals surface area contributed by atoms with Gasteiger partial charge in [0, 0.05) is 34.3 Å². The Morgan fingerprint density at radius 3 is 2.56 bits per heavy atom. The minimum Gasteiger partial charge on any atom is -0.366 e. The highest BCUT2D eigenvalue weighted by Crippen LogP contribution is 2.31. The summed E-state index contributed by atoms with van der Waals surface area (Å²) in [7, 11) is 0. The Morgan fingerprint density at radius 2 is 1.76 bits per heavy atom. The molecule has 0 radical (unpaired) electrons. The van der Waals surface area contributed by atoms with Gasteiger partial charge in [-0.25, -0.2) is 9.67 Å². The third kappa shape index (κ3) is 4.23. The average molecular weight is 468 g/mol. The topological polar surface area (TPSA) is 85.8 Å². The van der Waals surface area contributed by atoms with Crippen LogP contribution in [0.4, 0.5) is 5.82 Å². The molecule has 1 atom stereocenters. The zero-order valence-electron chi connectivity index (χ0n) is 18.4. The number of primary amides is 1. The van der Waals surface area contributed by atoms with Gasteiger partial charge in [-0.2, -0.15) is 5.10 Å². The molecule has 0 aliphatic rings. The van der Waals surface area contributed by atoms with Crippen LogP contribution < -0.4 is 11.1 Å². The number of nitrogens with two attached hydrogens (primary N) is 1. The first-order valence-electron chi connectivity index (χ1n) is 10.8. The minimum atomic E-state index is -0.490. The molecule has 7 heteroatoms. The van der Waals surface area contributed by atoms with Crippen LogP contribution in [0.2, 0.25) is 5.02 Å². The molecule has 0 bridgehead atoms. The molecule has 5 aromatic rings. The van der Waals surface area contributed by atoms with Crippen LogP contribution in [0.15, 0.2) is 91.3 Å². The zero-order chi connectivity index (χ0) is 23.7. The number of hydrogen-bond acceptors (Lipinski definition) is 4. The molecule has 5 rings (SSSR count). The van der Waals surface area contributed by atoms with E-state index in [1.54, 1.807) is 24.5 Å². The van der Waals surface area contributed by atoms with Gasteiger partial charge in [0.15, 0.2) is 0 Å². The summed E-state index contributed by atoms with van der Waals surface area (Å²) in [5, 5.41) is 9.46. The molecule has 0 spiro atoms. The first-order valence-corrected chi connectivity index (χ1v) is 11.2. The fraction of sp³-hybridized carbons (Fsp3) is 0.0741. The van der Waals surface area contributed by atoms with Gasteiger partial charge >= 0.3 is 0 Å². The largest absolute Gasteiger partial charge is 0.366 e. The van der Waals surface area contributed by atoms with Crippen LogP contribution >= 0.6 is 11.6 Å². The van der Waals surface area contributed by atoms with Gasteiger partial charge in [-0.15, -0.1) is 0 Å². The number of anilines is 1. The summed E-state index contributed by atoms with van der Waals surface area (Å²) < 4.78 is 1.82. The molecule has 2 aromatic heterocycles. The van der Waals surface area contributed by atoms with Crippen molar-refractivity contribution < 1.29 is 4.79 Å². The van der Waals surface area contributed by atoms with E-state index >= 15 is 0 Å². The summed E-state index contributed by atoms with van der Waals surface area (Å²) in [4.78, 5) is 16.5. The number of rotatable bonds is 6. The van der Waals surface area contributed by atoms with E-state index in [4.69, 9.17) is 17.3 Å². The summed E-state index contributed by atoms with van der Waals surface area (Å²) in [5.74, 6) is 0.253. The number of carbonyl (C=O) groups excluding carboxylic acids is 1. The fourth-order valence-corrected chi connectivity index (χ4v) is 4.28. The number of pyridine rings is 1. The van der Waals surface area contributed by atoms with Crippen molar-refractivity contribution in [1.82, 2.24) is 14.8 Å². The van der Waals surface area contributed by atoms with Crippen molar-refractivity contribution in [2.24, 2.45) is 5.73 Å². The number of carbonyl (C=O) groups is 1. The summed E-state index contributed by atoms with van der Waals surface area (Å²) in [6, 6.07) is 25.1. The quantitative estimate of drug-likeness (QED) is 0.320. The number of nitrogens with one attached hydrogen (secondary N) is 1. The molecule has 0 aliphatic heterocycles. The Morgan fingerprint density at radius 1 is 1.00 bits per heavy atom. The standard InChI is InChI=1S/C27H22ClN5O/c1-17(18-7-3-2-4-8-18)32-26-14-25-20(15-30-26)16-31-33(25)22-12-19(11-21(28)13-22)23-9-5-6-10-24(23)27(29)34/h2-17H,1H3,(H2,29,34)(H,30,32)/t17-/m0/s1. The van der Waals surface area contributed by atoms with Gasteiger partial charge in [-0.1, -0.05) is 60.1 Å². The lowest BCUT2D eigenvalue weighted by molar-refractivity contribution is 0.100. The Bertz CT molecular complexity index is 1500. The summed E-state index contributed by atoms with van der Waals surface area (Å²) in [5.41, 5.74) is 10.4. The van der Waals surface area contributed by atoms with Crippen molar-refractivity contribution in [2.45, 2.75) is 13.0 Å². The molecular weight excluding hydrogens is 446 g/mol. The molecule has 1 amide bonds. The maximum Gasteiger partial charge on any atom is 0.249 e. The first-order chi connectivity index (χ1) is 16.5. The summed E-state index contributed by atoms with van der Waals surface area (Å²) >= 11 is 6.49. The number of nitrogens with zero attached hydrogens (tertiary/aromatic N) is 3. The molecule has 6 nitrogen and oxygen atoms in total. The molecule has 0 fully saturated rings. The highest BCUT2D eigenvalue weighted by Gasteiger charge is 2.14. The van der Waals surface area contributed by atoms with E-state index in [2.05, 4.69) is 34.5 Å². The predicted molar refractivity (Wildman–Crippen MR) is 136 cm³/mol. The lowest BCUT2D eigenvalue weighted by Gasteiger charge is -2.15. The van der Waals surface area contributed by atoms with Crippen LogP contribution in [0.5, 0.6) is 0 Å². The van der Waals surface area contributed by atoms with E-state index in [0.29, 0.717) is 10.6 Å². The van der Waals surface area contributed by atoms with Gasteiger partial charge in [0.05, 0.1) is 17.4 Å². The van der Waals surface area contributed by atoms with Crippen molar-refractivity contribution >= 4 is 34.2 Å². The van der Waals surface area contributed by atoms with Crippen molar-refractivity contribution in [3.8, 4) is 16.8 Å². The van der Waals surface area contributed by atoms with Crippen LogP contribution in [0.3, 0.4) is 0 Å². The van der Waals surface area contributed by atoms with Gasteiger partial charge in [0.25, 0.3) is 0 Å². The second-order valence-corrected chi connectivity index (χ2v) is 8.51. The number of halogens is 1. The van der Waals surface area contributed by atoms with Gasteiger partial charge < -0.3 is 11.1 Å². The number of benzene rings is 3. The molecule has 0 aliphatic carbocycles. The second kappa shape index (κ2) is 9.00. The van der Waals surface area contributed by atoms with Crippen LogP contribution in [-0.2, 0) is 0 Å². The van der Waals surface area contributed by atoms with E-state index < -0.39 is 5.91 Å². The Hall–Kier alpha value is -4.16.